The average Bonchev–Trinajstić information content (AvgIpc) is 3.10. The van der Waals surface area contributed by atoms with E-state index in [1.165, 1.54) is 6.20 Å². The number of H-pyrrole nitrogens is 1. The summed E-state index contributed by atoms with van der Waals surface area (Å²) in [5, 5.41) is 20.2. The Morgan fingerprint density at radius 2 is 1.88 bits per heavy atom. The number of amides is 1. The fraction of sp³-hybridized carbons (Fsp3) is 0.111. The number of carbonyl (C=O) groups is 1. The van der Waals surface area contributed by atoms with Gasteiger partial charge in [-0.25, -0.2) is 0 Å². The second-order valence-electron chi connectivity index (χ2n) is 5.27. The van der Waals surface area contributed by atoms with E-state index in [9.17, 15) is 9.90 Å². The topological polar surface area (TPSA) is 78.0 Å². The zero-order valence-corrected chi connectivity index (χ0v) is 13.5. The lowest BCUT2D eigenvalue weighted by Gasteiger charge is -2.13. The molecule has 0 fully saturated rings. The van der Waals surface area contributed by atoms with Crippen molar-refractivity contribution in [2.45, 2.75) is 6.10 Å². The molecule has 0 spiro atoms. The number of aromatic nitrogens is 2. The van der Waals surface area contributed by atoms with E-state index >= 15 is 0 Å². The summed E-state index contributed by atoms with van der Waals surface area (Å²) in [6.45, 7) is 0.0575. The molecule has 0 aliphatic heterocycles. The maximum Gasteiger partial charge on any atom is 0.255 e. The number of rotatable bonds is 5. The lowest BCUT2D eigenvalue weighted by molar-refractivity contribution is 0.0917. The molecule has 1 amide bonds. The van der Waals surface area contributed by atoms with Gasteiger partial charge in [0, 0.05) is 22.7 Å². The summed E-state index contributed by atoms with van der Waals surface area (Å²) < 4.78 is 0. The lowest BCUT2D eigenvalue weighted by Crippen LogP contribution is -2.28. The number of aliphatic hydroxyl groups excluding tert-OH is 1. The molecule has 0 aliphatic carbocycles. The Labute approximate surface area is 144 Å². The largest absolute Gasteiger partial charge is 0.387 e. The first-order chi connectivity index (χ1) is 11.7. The van der Waals surface area contributed by atoms with E-state index in [1.807, 2.05) is 30.3 Å². The number of halogens is 1. The number of hydrogen-bond acceptors (Lipinski definition) is 3. The van der Waals surface area contributed by atoms with Crippen molar-refractivity contribution in [1.82, 2.24) is 15.5 Å². The lowest BCUT2D eigenvalue weighted by atomic mass is 10.1. The van der Waals surface area contributed by atoms with Crippen LogP contribution in [0.25, 0.3) is 11.3 Å². The fourth-order valence-corrected chi connectivity index (χ4v) is 2.68. The van der Waals surface area contributed by atoms with Crippen molar-refractivity contribution in [2.24, 2.45) is 0 Å². The monoisotopic (exact) mass is 341 g/mol. The van der Waals surface area contributed by atoms with Gasteiger partial charge in [0.15, 0.2) is 0 Å². The van der Waals surface area contributed by atoms with Crippen molar-refractivity contribution in [3.63, 3.8) is 0 Å². The van der Waals surface area contributed by atoms with Crippen LogP contribution in [-0.4, -0.2) is 27.8 Å². The van der Waals surface area contributed by atoms with Gasteiger partial charge in [-0.05, 0) is 6.07 Å². The van der Waals surface area contributed by atoms with Gasteiger partial charge in [-0.1, -0.05) is 60.1 Å². The van der Waals surface area contributed by atoms with Crippen LogP contribution in [0.3, 0.4) is 0 Å². The molecule has 0 saturated carbocycles. The first kappa shape index (κ1) is 16.2. The molecule has 6 heteroatoms. The maximum absolute atomic E-state index is 12.4. The molecule has 3 aromatic rings. The van der Waals surface area contributed by atoms with Crippen LogP contribution in [0.1, 0.15) is 22.0 Å². The molecule has 3 rings (SSSR count). The number of nitrogens with zero attached hydrogens (tertiary/aromatic N) is 1. The molecule has 0 saturated heterocycles. The highest BCUT2D eigenvalue weighted by Gasteiger charge is 2.17. The van der Waals surface area contributed by atoms with E-state index in [0.29, 0.717) is 21.8 Å². The molecular weight excluding hydrogens is 326 g/mol. The van der Waals surface area contributed by atoms with Crippen LogP contribution in [0, 0.1) is 0 Å². The van der Waals surface area contributed by atoms with Gasteiger partial charge in [0.1, 0.15) is 0 Å². The zero-order valence-electron chi connectivity index (χ0n) is 12.7. The third-order valence-corrected chi connectivity index (χ3v) is 4.01. The van der Waals surface area contributed by atoms with E-state index < -0.39 is 6.10 Å². The summed E-state index contributed by atoms with van der Waals surface area (Å²) in [5.74, 6) is -0.311. The summed E-state index contributed by atoms with van der Waals surface area (Å²) in [7, 11) is 0. The molecule has 0 aliphatic rings. The molecule has 0 bridgehead atoms. The van der Waals surface area contributed by atoms with Crippen LogP contribution < -0.4 is 5.32 Å². The van der Waals surface area contributed by atoms with Gasteiger partial charge in [0.2, 0.25) is 0 Å². The molecule has 5 nitrogen and oxygen atoms in total. The van der Waals surface area contributed by atoms with Crippen molar-refractivity contribution in [3.8, 4) is 11.3 Å². The summed E-state index contributed by atoms with van der Waals surface area (Å²) in [4.78, 5) is 12.4. The predicted octanol–water partition coefficient (Wildman–Crippen LogP) is 3.19. The minimum absolute atomic E-state index is 0.0575. The SMILES string of the molecule is O=C(NCC(O)c1ccccc1Cl)c1cn[nH]c1-c1ccccc1. The van der Waals surface area contributed by atoms with Crippen molar-refractivity contribution in [1.29, 1.82) is 0 Å². The quantitative estimate of drug-likeness (QED) is 0.667. The van der Waals surface area contributed by atoms with Crippen molar-refractivity contribution in [2.75, 3.05) is 6.54 Å². The van der Waals surface area contributed by atoms with Crippen molar-refractivity contribution < 1.29 is 9.90 Å². The molecule has 1 unspecified atom stereocenters. The number of aromatic amines is 1. The van der Waals surface area contributed by atoms with Crippen LogP contribution in [0.2, 0.25) is 5.02 Å². The van der Waals surface area contributed by atoms with E-state index in [0.717, 1.165) is 5.56 Å². The highest BCUT2D eigenvalue weighted by atomic mass is 35.5. The molecule has 1 atom stereocenters. The molecule has 2 aromatic carbocycles. The van der Waals surface area contributed by atoms with Gasteiger partial charge in [0.25, 0.3) is 5.91 Å². The summed E-state index contributed by atoms with van der Waals surface area (Å²) >= 11 is 6.05. The number of nitrogens with one attached hydrogen (secondary N) is 2. The summed E-state index contributed by atoms with van der Waals surface area (Å²) in [6, 6.07) is 16.5. The van der Waals surface area contributed by atoms with Gasteiger partial charge in [-0.3, -0.25) is 9.89 Å². The standard InChI is InChI=1S/C18H16ClN3O2/c19-15-9-5-4-8-13(15)16(23)11-20-18(24)14-10-21-22-17(14)12-6-2-1-3-7-12/h1-10,16,23H,11H2,(H,20,24)(H,21,22). The summed E-state index contributed by atoms with van der Waals surface area (Å²) in [6.07, 6.45) is 0.592. The van der Waals surface area contributed by atoms with Crippen LogP contribution in [0.5, 0.6) is 0 Å². The van der Waals surface area contributed by atoms with Gasteiger partial charge in [-0.2, -0.15) is 5.10 Å². The third kappa shape index (κ3) is 3.48. The maximum atomic E-state index is 12.4. The van der Waals surface area contributed by atoms with E-state index in [-0.39, 0.29) is 12.5 Å². The minimum atomic E-state index is -0.880. The third-order valence-electron chi connectivity index (χ3n) is 3.67. The molecule has 3 N–H and O–H groups in total. The molecule has 24 heavy (non-hydrogen) atoms. The van der Waals surface area contributed by atoms with Gasteiger partial charge in [0.05, 0.1) is 23.6 Å². The van der Waals surface area contributed by atoms with Crippen LogP contribution in [-0.2, 0) is 0 Å². The number of aliphatic hydroxyl groups is 1. The second kappa shape index (κ2) is 7.29. The Hall–Kier alpha value is -2.63. The molecule has 0 radical (unpaired) electrons. The van der Waals surface area contributed by atoms with E-state index in [2.05, 4.69) is 15.5 Å². The number of hydrogen-bond donors (Lipinski definition) is 3. The second-order valence-corrected chi connectivity index (χ2v) is 5.68. The highest BCUT2D eigenvalue weighted by molar-refractivity contribution is 6.31. The Balaban J connectivity index is 1.71. The van der Waals surface area contributed by atoms with Gasteiger partial charge < -0.3 is 10.4 Å². The van der Waals surface area contributed by atoms with Crippen molar-refractivity contribution in [3.05, 3.63) is 76.9 Å². The normalized spacial score (nSPS) is 11.9. The average molecular weight is 342 g/mol. The van der Waals surface area contributed by atoms with E-state index in [4.69, 9.17) is 11.6 Å². The first-order valence-electron chi connectivity index (χ1n) is 7.46. The van der Waals surface area contributed by atoms with Crippen LogP contribution in [0.15, 0.2) is 60.8 Å². The molecule has 1 aromatic heterocycles. The Morgan fingerprint density at radius 1 is 1.17 bits per heavy atom. The van der Waals surface area contributed by atoms with Crippen molar-refractivity contribution >= 4 is 17.5 Å². The van der Waals surface area contributed by atoms with Gasteiger partial charge >= 0.3 is 0 Å². The van der Waals surface area contributed by atoms with Crippen LogP contribution in [0.4, 0.5) is 0 Å². The van der Waals surface area contributed by atoms with Gasteiger partial charge in [-0.15, -0.1) is 0 Å². The Morgan fingerprint density at radius 3 is 2.62 bits per heavy atom. The van der Waals surface area contributed by atoms with Crippen LogP contribution >= 0.6 is 11.6 Å². The first-order valence-corrected chi connectivity index (χ1v) is 7.84. The minimum Gasteiger partial charge on any atom is -0.387 e. The molecule has 1 heterocycles. The zero-order chi connectivity index (χ0) is 16.9. The predicted molar refractivity (Wildman–Crippen MR) is 92.8 cm³/mol. The molecular formula is C18H16ClN3O2. The summed E-state index contributed by atoms with van der Waals surface area (Å²) in [5.41, 5.74) is 2.51. The smallest absolute Gasteiger partial charge is 0.255 e. The molecule has 122 valence electrons. The fourth-order valence-electron chi connectivity index (χ4n) is 2.42. The number of carbonyl (C=O) groups excluding carboxylic acids is 1. The Bertz CT molecular complexity index is 833. The Kier molecular flexibility index (Phi) is 4.93. The van der Waals surface area contributed by atoms with E-state index in [1.54, 1.807) is 24.3 Å². The number of benzene rings is 2. The highest BCUT2D eigenvalue weighted by Crippen LogP contribution is 2.23.